The first-order chi connectivity index (χ1) is 13.4. The van der Waals surface area contributed by atoms with Gasteiger partial charge in [0.15, 0.2) is 5.96 Å². The van der Waals surface area contributed by atoms with Crippen LogP contribution < -0.4 is 10.1 Å². The topological polar surface area (TPSA) is 49.3 Å². The Balaban J connectivity index is 1.63. The fourth-order valence-electron chi connectivity index (χ4n) is 3.78. The van der Waals surface area contributed by atoms with Crippen molar-refractivity contribution in [3.8, 4) is 5.75 Å². The van der Waals surface area contributed by atoms with Crippen molar-refractivity contribution in [2.24, 2.45) is 4.99 Å². The van der Waals surface area contributed by atoms with Crippen LogP contribution in [-0.2, 0) is 17.5 Å². The number of alkyl halides is 3. The Hall–Kier alpha value is -2.00. The van der Waals surface area contributed by atoms with Gasteiger partial charge in [-0.1, -0.05) is 6.07 Å². The highest BCUT2D eigenvalue weighted by Crippen LogP contribution is 2.34. The molecule has 2 aliphatic heterocycles. The summed E-state index contributed by atoms with van der Waals surface area (Å²) in [5, 5.41) is 3.09. The Kier molecular flexibility index (Phi) is 6.66. The van der Waals surface area contributed by atoms with Crippen LogP contribution in [0.5, 0.6) is 5.75 Å². The van der Waals surface area contributed by atoms with Gasteiger partial charge in [-0.2, -0.15) is 13.2 Å². The molecular formula is C19H27F3N4O2. The summed E-state index contributed by atoms with van der Waals surface area (Å²) in [5.74, 6) is 0.813. The number of guanidine groups is 1. The van der Waals surface area contributed by atoms with Crippen LogP contribution in [0.25, 0.3) is 0 Å². The predicted molar refractivity (Wildman–Crippen MR) is 101 cm³/mol. The van der Waals surface area contributed by atoms with Crippen molar-refractivity contribution >= 4 is 5.96 Å². The SMILES string of the molecule is CN=C(NCc1ccc(OC)cc1C(F)(F)F)N1CCC(N2CCOCC2)C1. The zero-order chi connectivity index (χ0) is 20.1. The van der Waals surface area contributed by atoms with Gasteiger partial charge in [0.1, 0.15) is 5.75 Å². The first-order valence-corrected chi connectivity index (χ1v) is 9.44. The molecule has 0 bridgehead atoms. The van der Waals surface area contributed by atoms with E-state index in [1.54, 1.807) is 13.1 Å². The smallest absolute Gasteiger partial charge is 0.416 e. The van der Waals surface area contributed by atoms with Gasteiger partial charge < -0.3 is 19.7 Å². The summed E-state index contributed by atoms with van der Waals surface area (Å²) in [7, 11) is 3.01. The van der Waals surface area contributed by atoms with Crippen LogP contribution in [0.3, 0.4) is 0 Å². The van der Waals surface area contributed by atoms with Gasteiger partial charge in [-0.15, -0.1) is 0 Å². The fourth-order valence-corrected chi connectivity index (χ4v) is 3.78. The molecule has 6 nitrogen and oxygen atoms in total. The summed E-state index contributed by atoms with van der Waals surface area (Å²) in [6, 6.07) is 4.44. The number of nitrogens with one attached hydrogen (secondary N) is 1. The van der Waals surface area contributed by atoms with Gasteiger partial charge >= 0.3 is 6.18 Å². The number of rotatable bonds is 4. The second-order valence-corrected chi connectivity index (χ2v) is 6.96. The van der Waals surface area contributed by atoms with Crippen molar-refractivity contribution in [1.82, 2.24) is 15.1 Å². The highest BCUT2D eigenvalue weighted by atomic mass is 19.4. The van der Waals surface area contributed by atoms with Crippen LogP contribution in [0, 0.1) is 0 Å². The van der Waals surface area contributed by atoms with Crippen molar-refractivity contribution in [3.63, 3.8) is 0 Å². The zero-order valence-electron chi connectivity index (χ0n) is 16.3. The average molecular weight is 400 g/mol. The zero-order valence-corrected chi connectivity index (χ0v) is 16.3. The molecule has 1 aromatic carbocycles. The number of hydrogen-bond donors (Lipinski definition) is 1. The Morgan fingerprint density at radius 3 is 2.68 bits per heavy atom. The highest BCUT2D eigenvalue weighted by Gasteiger charge is 2.34. The molecule has 0 saturated carbocycles. The van der Waals surface area contributed by atoms with Crippen LogP contribution in [-0.4, -0.2) is 75.4 Å². The molecule has 2 saturated heterocycles. The van der Waals surface area contributed by atoms with Gasteiger partial charge in [0, 0.05) is 45.8 Å². The maximum atomic E-state index is 13.4. The van der Waals surface area contributed by atoms with E-state index in [0.29, 0.717) is 12.0 Å². The molecule has 28 heavy (non-hydrogen) atoms. The number of likely N-dealkylation sites (tertiary alicyclic amines) is 1. The molecule has 2 fully saturated rings. The summed E-state index contributed by atoms with van der Waals surface area (Å²) in [4.78, 5) is 8.80. The highest BCUT2D eigenvalue weighted by molar-refractivity contribution is 5.80. The molecule has 0 radical (unpaired) electrons. The Morgan fingerprint density at radius 1 is 1.29 bits per heavy atom. The Labute approximate surface area is 163 Å². The quantitative estimate of drug-likeness (QED) is 0.620. The maximum Gasteiger partial charge on any atom is 0.416 e. The van der Waals surface area contributed by atoms with Crippen molar-refractivity contribution < 1.29 is 22.6 Å². The van der Waals surface area contributed by atoms with E-state index in [9.17, 15) is 13.2 Å². The third kappa shape index (κ3) is 4.88. The maximum absolute atomic E-state index is 13.4. The lowest BCUT2D eigenvalue weighted by Gasteiger charge is -2.32. The molecule has 0 spiro atoms. The molecule has 0 aliphatic carbocycles. The number of aliphatic imine (C=N–C) groups is 1. The van der Waals surface area contributed by atoms with Gasteiger partial charge in [0.25, 0.3) is 0 Å². The van der Waals surface area contributed by atoms with Gasteiger partial charge in [-0.05, 0) is 24.1 Å². The van der Waals surface area contributed by atoms with E-state index in [1.807, 2.05) is 0 Å². The number of methoxy groups -OCH3 is 1. The number of nitrogens with zero attached hydrogens (tertiary/aromatic N) is 3. The van der Waals surface area contributed by atoms with Crippen LogP contribution in [0.4, 0.5) is 13.2 Å². The largest absolute Gasteiger partial charge is 0.497 e. The second kappa shape index (κ2) is 9.00. The lowest BCUT2D eigenvalue weighted by atomic mass is 10.1. The molecular weight excluding hydrogens is 373 g/mol. The molecule has 0 aromatic heterocycles. The normalized spacial score (nSPS) is 21.8. The third-order valence-electron chi connectivity index (χ3n) is 5.30. The van der Waals surface area contributed by atoms with Crippen LogP contribution in [0.2, 0.25) is 0 Å². The molecule has 1 atom stereocenters. The summed E-state index contributed by atoms with van der Waals surface area (Å²) < 4.78 is 50.5. The number of hydrogen-bond acceptors (Lipinski definition) is 4. The molecule has 156 valence electrons. The number of halogens is 3. The fraction of sp³-hybridized carbons (Fsp3) is 0.632. The summed E-state index contributed by atoms with van der Waals surface area (Å²) >= 11 is 0. The Bertz CT molecular complexity index is 690. The lowest BCUT2D eigenvalue weighted by molar-refractivity contribution is -0.138. The first-order valence-electron chi connectivity index (χ1n) is 9.44. The van der Waals surface area contributed by atoms with E-state index >= 15 is 0 Å². The second-order valence-electron chi connectivity index (χ2n) is 6.96. The van der Waals surface area contributed by atoms with Crippen LogP contribution in [0.15, 0.2) is 23.2 Å². The summed E-state index contributed by atoms with van der Waals surface area (Å²) in [5.41, 5.74) is -0.527. The monoisotopic (exact) mass is 400 g/mol. The van der Waals surface area contributed by atoms with Crippen molar-refractivity contribution in [3.05, 3.63) is 29.3 Å². The first kappa shape index (κ1) is 20.7. The predicted octanol–water partition coefficient (Wildman–Crippen LogP) is 2.20. The minimum absolute atomic E-state index is 0.0459. The van der Waals surface area contributed by atoms with E-state index in [2.05, 4.69) is 20.1 Å². The molecule has 1 N–H and O–H groups in total. The summed E-state index contributed by atoms with van der Waals surface area (Å²) in [6.45, 7) is 5.04. The van der Waals surface area contributed by atoms with E-state index in [4.69, 9.17) is 9.47 Å². The molecule has 2 aliphatic rings. The van der Waals surface area contributed by atoms with Gasteiger partial charge in [-0.3, -0.25) is 9.89 Å². The molecule has 9 heteroatoms. The van der Waals surface area contributed by atoms with Crippen molar-refractivity contribution in [2.75, 3.05) is 53.6 Å². The minimum atomic E-state index is -4.44. The van der Waals surface area contributed by atoms with E-state index in [1.165, 1.54) is 13.2 Å². The van der Waals surface area contributed by atoms with E-state index in [0.717, 1.165) is 51.9 Å². The average Bonchev–Trinajstić information content (AvgIpc) is 3.18. The summed E-state index contributed by atoms with van der Waals surface area (Å²) in [6.07, 6.45) is -3.43. The van der Waals surface area contributed by atoms with Crippen molar-refractivity contribution in [2.45, 2.75) is 25.2 Å². The van der Waals surface area contributed by atoms with Gasteiger partial charge in [-0.25, -0.2) is 0 Å². The van der Waals surface area contributed by atoms with Crippen molar-refractivity contribution in [1.29, 1.82) is 0 Å². The molecule has 3 rings (SSSR count). The number of benzene rings is 1. The number of morpholine rings is 1. The molecule has 2 heterocycles. The van der Waals surface area contributed by atoms with Crippen LogP contribution >= 0.6 is 0 Å². The standard InChI is InChI=1S/C19H27F3N4O2/c1-23-18(26-6-5-15(13-26)25-7-9-28-10-8-25)24-12-14-3-4-16(27-2)11-17(14)19(20,21)22/h3-4,11,15H,5-10,12-13H2,1-2H3,(H,23,24). The molecule has 1 unspecified atom stereocenters. The Morgan fingerprint density at radius 2 is 2.04 bits per heavy atom. The van der Waals surface area contributed by atoms with Crippen LogP contribution in [0.1, 0.15) is 17.5 Å². The third-order valence-corrected chi connectivity index (χ3v) is 5.30. The van der Waals surface area contributed by atoms with E-state index in [-0.39, 0.29) is 17.9 Å². The molecule has 1 aromatic rings. The molecule has 0 amide bonds. The minimum Gasteiger partial charge on any atom is -0.497 e. The lowest BCUT2D eigenvalue weighted by Crippen LogP contribution is -2.46. The number of ether oxygens (including phenoxy) is 2. The van der Waals surface area contributed by atoms with Gasteiger partial charge in [0.2, 0.25) is 0 Å². The van der Waals surface area contributed by atoms with E-state index < -0.39 is 11.7 Å². The van der Waals surface area contributed by atoms with Gasteiger partial charge in [0.05, 0.1) is 25.9 Å².